The molecule has 0 spiro atoms. The van der Waals surface area contributed by atoms with E-state index in [2.05, 4.69) is 51.8 Å². The van der Waals surface area contributed by atoms with Crippen LogP contribution in [0.5, 0.6) is 11.5 Å². The number of allylic oxidation sites excluding steroid dienone is 4. The molecule has 1 heterocycles. The van der Waals surface area contributed by atoms with Gasteiger partial charge in [-0.05, 0) is 77.6 Å². The van der Waals surface area contributed by atoms with Crippen LogP contribution >= 0.6 is 0 Å². The SMILES string of the molecule is CCCCCc1cc(O)c(C/C=C(\C)CCC=C(C)C)c(OC(=O)N2CCN(C)CC2)c1. The number of phenols is 1. The van der Waals surface area contributed by atoms with Crippen molar-refractivity contribution in [1.29, 1.82) is 0 Å². The van der Waals surface area contributed by atoms with Gasteiger partial charge in [-0.2, -0.15) is 0 Å². The Kier molecular flexibility index (Phi) is 10.8. The van der Waals surface area contributed by atoms with Crippen LogP contribution in [0, 0.1) is 0 Å². The van der Waals surface area contributed by atoms with Crippen molar-refractivity contribution in [3.8, 4) is 11.5 Å². The molecular weight excluding hydrogens is 400 g/mol. The first-order valence-electron chi connectivity index (χ1n) is 12.1. The van der Waals surface area contributed by atoms with E-state index in [4.69, 9.17) is 4.74 Å². The standard InChI is InChI=1S/C27H42N2O3/c1-6-7-8-12-23-19-25(30)24(14-13-22(4)11-9-10-21(2)3)26(20-23)32-27(31)29-17-15-28(5)16-18-29/h10,13,19-20,30H,6-9,11-12,14-18H2,1-5H3/b22-13+. The van der Waals surface area contributed by atoms with Gasteiger partial charge in [0.05, 0.1) is 0 Å². The Bertz CT molecular complexity index is 801. The van der Waals surface area contributed by atoms with E-state index in [0.29, 0.717) is 30.8 Å². The first kappa shape index (κ1) is 26.0. The highest BCUT2D eigenvalue weighted by Crippen LogP contribution is 2.32. The summed E-state index contributed by atoms with van der Waals surface area (Å²) in [6.45, 7) is 11.5. The molecule has 2 rings (SSSR count). The monoisotopic (exact) mass is 442 g/mol. The molecule has 0 unspecified atom stereocenters. The van der Waals surface area contributed by atoms with Crippen molar-refractivity contribution >= 4 is 6.09 Å². The number of aromatic hydroxyl groups is 1. The summed E-state index contributed by atoms with van der Waals surface area (Å²) < 4.78 is 5.86. The number of amides is 1. The van der Waals surface area contributed by atoms with Crippen LogP contribution < -0.4 is 4.74 Å². The lowest BCUT2D eigenvalue weighted by Gasteiger charge is -2.31. The van der Waals surface area contributed by atoms with Crippen LogP contribution in [0.15, 0.2) is 35.4 Å². The lowest BCUT2D eigenvalue weighted by atomic mass is 10.00. The molecule has 0 radical (unpaired) electrons. The molecule has 0 atom stereocenters. The number of hydrogen-bond donors (Lipinski definition) is 1. The third-order valence-electron chi connectivity index (χ3n) is 6.02. The summed E-state index contributed by atoms with van der Waals surface area (Å²) in [6.07, 6.45) is 10.8. The van der Waals surface area contributed by atoms with Crippen LogP contribution in [0.4, 0.5) is 4.79 Å². The van der Waals surface area contributed by atoms with E-state index in [1.807, 2.05) is 12.1 Å². The minimum Gasteiger partial charge on any atom is -0.508 e. The van der Waals surface area contributed by atoms with Crippen LogP contribution in [0.3, 0.4) is 0 Å². The Balaban J connectivity index is 2.18. The highest BCUT2D eigenvalue weighted by Gasteiger charge is 2.22. The molecule has 32 heavy (non-hydrogen) atoms. The minimum absolute atomic E-state index is 0.216. The fourth-order valence-corrected chi connectivity index (χ4v) is 3.82. The van der Waals surface area contributed by atoms with Crippen LogP contribution in [-0.2, 0) is 12.8 Å². The number of carbonyl (C=O) groups excluding carboxylic acids is 1. The molecule has 1 aromatic carbocycles. The van der Waals surface area contributed by atoms with Crippen molar-refractivity contribution in [2.45, 2.75) is 72.6 Å². The molecule has 0 saturated carbocycles. The zero-order chi connectivity index (χ0) is 23.5. The van der Waals surface area contributed by atoms with Crippen LogP contribution in [-0.4, -0.2) is 54.2 Å². The Hall–Kier alpha value is -2.27. The molecule has 1 amide bonds. The summed E-state index contributed by atoms with van der Waals surface area (Å²) >= 11 is 0. The number of ether oxygens (including phenoxy) is 1. The second kappa shape index (κ2) is 13.3. The lowest BCUT2D eigenvalue weighted by molar-refractivity contribution is 0.120. The van der Waals surface area contributed by atoms with Gasteiger partial charge in [0, 0.05) is 31.7 Å². The summed E-state index contributed by atoms with van der Waals surface area (Å²) in [6, 6.07) is 3.79. The number of unbranched alkanes of at least 4 members (excludes halogenated alkanes) is 2. The number of likely N-dealkylation sites (N-methyl/N-ethyl adjacent to an activating group) is 1. The predicted molar refractivity (Wildman–Crippen MR) is 133 cm³/mol. The van der Waals surface area contributed by atoms with Gasteiger partial charge in [-0.25, -0.2) is 4.79 Å². The molecule has 5 heteroatoms. The predicted octanol–water partition coefficient (Wildman–Crippen LogP) is 6.11. The van der Waals surface area contributed by atoms with Crippen LogP contribution in [0.25, 0.3) is 0 Å². The normalized spacial score (nSPS) is 15.0. The Morgan fingerprint density at radius 1 is 1.09 bits per heavy atom. The van der Waals surface area contributed by atoms with Gasteiger partial charge in [0.25, 0.3) is 0 Å². The summed E-state index contributed by atoms with van der Waals surface area (Å²) in [5.41, 5.74) is 4.30. The van der Waals surface area contributed by atoms with Crippen LogP contribution in [0.2, 0.25) is 0 Å². The van der Waals surface area contributed by atoms with Crippen molar-refractivity contribution in [3.63, 3.8) is 0 Å². The molecule has 0 bridgehead atoms. The fourth-order valence-electron chi connectivity index (χ4n) is 3.82. The van der Waals surface area contributed by atoms with Crippen molar-refractivity contribution < 1.29 is 14.6 Å². The molecule has 1 aliphatic rings. The van der Waals surface area contributed by atoms with Crippen molar-refractivity contribution in [1.82, 2.24) is 9.80 Å². The van der Waals surface area contributed by atoms with Gasteiger partial charge >= 0.3 is 6.09 Å². The van der Waals surface area contributed by atoms with E-state index in [1.165, 1.54) is 11.1 Å². The lowest BCUT2D eigenvalue weighted by Crippen LogP contribution is -2.48. The smallest absolute Gasteiger partial charge is 0.415 e. The van der Waals surface area contributed by atoms with E-state index < -0.39 is 0 Å². The first-order chi connectivity index (χ1) is 15.3. The number of aryl methyl sites for hydroxylation is 1. The molecule has 0 aromatic heterocycles. The van der Waals surface area contributed by atoms with Gasteiger partial charge in [-0.3, -0.25) is 0 Å². The van der Waals surface area contributed by atoms with Gasteiger partial charge in [-0.15, -0.1) is 0 Å². The zero-order valence-electron chi connectivity index (χ0n) is 20.7. The number of hydrogen-bond acceptors (Lipinski definition) is 4. The number of benzene rings is 1. The highest BCUT2D eigenvalue weighted by molar-refractivity contribution is 5.72. The van der Waals surface area contributed by atoms with E-state index in [-0.39, 0.29) is 11.8 Å². The molecule has 178 valence electrons. The number of piperazine rings is 1. The Morgan fingerprint density at radius 2 is 1.81 bits per heavy atom. The Labute approximate surface area is 194 Å². The molecule has 1 N–H and O–H groups in total. The third-order valence-corrected chi connectivity index (χ3v) is 6.02. The van der Waals surface area contributed by atoms with Gasteiger partial charge in [0.2, 0.25) is 0 Å². The van der Waals surface area contributed by atoms with E-state index in [0.717, 1.165) is 57.2 Å². The average Bonchev–Trinajstić information content (AvgIpc) is 2.73. The molecular formula is C27H42N2O3. The molecule has 1 aromatic rings. The summed E-state index contributed by atoms with van der Waals surface area (Å²) in [7, 11) is 2.06. The van der Waals surface area contributed by atoms with Gasteiger partial charge < -0.3 is 19.6 Å². The van der Waals surface area contributed by atoms with Gasteiger partial charge in [0.15, 0.2) is 0 Å². The molecule has 1 fully saturated rings. The Morgan fingerprint density at radius 3 is 2.47 bits per heavy atom. The summed E-state index contributed by atoms with van der Waals surface area (Å²) in [5.74, 6) is 0.710. The molecule has 0 aliphatic carbocycles. The van der Waals surface area contributed by atoms with Gasteiger partial charge in [0.1, 0.15) is 11.5 Å². The number of rotatable bonds is 10. The maximum absolute atomic E-state index is 12.8. The van der Waals surface area contributed by atoms with Crippen molar-refractivity contribution in [2.24, 2.45) is 0 Å². The maximum atomic E-state index is 12.8. The number of nitrogens with zero attached hydrogens (tertiary/aromatic N) is 2. The fraction of sp³-hybridized carbons (Fsp3) is 0.593. The van der Waals surface area contributed by atoms with E-state index in [9.17, 15) is 9.90 Å². The quantitative estimate of drug-likeness (QED) is 0.351. The summed E-state index contributed by atoms with van der Waals surface area (Å²) in [4.78, 5) is 16.8. The van der Waals surface area contributed by atoms with E-state index in [1.54, 1.807) is 4.90 Å². The summed E-state index contributed by atoms with van der Waals surface area (Å²) in [5, 5.41) is 10.8. The van der Waals surface area contributed by atoms with Crippen molar-refractivity contribution in [3.05, 3.63) is 46.6 Å². The maximum Gasteiger partial charge on any atom is 0.415 e. The topological polar surface area (TPSA) is 53.0 Å². The number of phenolic OH excluding ortho intramolecular Hbond substituents is 1. The molecule has 1 aliphatic heterocycles. The van der Waals surface area contributed by atoms with Gasteiger partial charge in [-0.1, -0.05) is 43.1 Å². The first-order valence-corrected chi connectivity index (χ1v) is 12.1. The molecule has 5 nitrogen and oxygen atoms in total. The van der Waals surface area contributed by atoms with Crippen LogP contribution in [0.1, 0.15) is 70.9 Å². The second-order valence-corrected chi connectivity index (χ2v) is 9.28. The van der Waals surface area contributed by atoms with Crippen molar-refractivity contribution in [2.75, 3.05) is 33.2 Å². The third kappa shape index (κ3) is 8.70. The average molecular weight is 443 g/mol. The highest BCUT2D eigenvalue weighted by atomic mass is 16.6. The zero-order valence-corrected chi connectivity index (χ0v) is 20.7. The second-order valence-electron chi connectivity index (χ2n) is 9.28. The largest absolute Gasteiger partial charge is 0.508 e. The molecule has 1 saturated heterocycles. The number of carbonyl (C=O) groups is 1. The minimum atomic E-state index is -0.325. The van der Waals surface area contributed by atoms with E-state index >= 15 is 0 Å².